The van der Waals surface area contributed by atoms with Gasteiger partial charge in [-0.1, -0.05) is 61.5 Å². The third-order valence-corrected chi connectivity index (χ3v) is 5.71. The molecule has 0 saturated carbocycles. The second kappa shape index (κ2) is 8.39. The first-order valence-electron chi connectivity index (χ1n) is 9.79. The SMILES string of the molecule is CN(Cc1ccccc1)CC(C)(C)COc1cccc(-c2noc3ccsc23)c1. The standard InChI is InChI=1S/C24H26N2O2S/c1-24(2,16-26(3)15-18-8-5-4-6-9-18)17-27-20-11-7-10-19(14-20)22-23-21(28-25-22)12-13-29-23/h4-14H,15-17H2,1-3H3. The summed E-state index contributed by atoms with van der Waals surface area (Å²) in [7, 11) is 2.16. The molecular formula is C24H26N2O2S. The molecule has 150 valence electrons. The highest BCUT2D eigenvalue weighted by Crippen LogP contribution is 2.33. The summed E-state index contributed by atoms with van der Waals surface area (Å²) < 4.78 is 12.7. The van der Waals surface area contributed by atoms with Gasteiger partial charge in [-0.05, 0) is 36.2 Å². The Morgan fingerprint density at radius 2 is 1.90 bits per heavy atom. The Hall–Kier alpha value is -2.63. The molecule has 0 saturated heterocycles. The average molecular weight is 407 g/mol. The normalized spacial score (nSPS) is 12.0. The van der Waals surface area contributed by atoms with E-state index in [1.54, 1.807) is 11.3 Å². The first-order valence-corrected chi connectivity index (χ1v) is 10.7. The Labute approximate surface area is 175 Å². The maximum Gasteiger partial charge on any atom is 0.178 e. The van der Waals surface area contributed by atoms with Crippen LogP contribution in [0.15, 0.2) is 70.6 Å². The Morgan fingerprint density at radius 3 is 2.72 bits per heavy atom. The highest BCUT2D eigenvalue weighted by atomic mass is 32.1. The van der Waals surface area contributed by atoms with Gasteiger partial charge in [0.05, 0.1) is 6.61 Å². The molecule has 0 aliphatic rings. The number of thiophene rings is 1. The van der Waals surface area contributed by atoms with Crippen molar-refractivity contribution in [3.8, 4) is 17.0 Å². The molecule has 29 heavy (non-hydrogen) atoms. The van der Waals surface area contributed by atoms with E-state index in [0.29, 0.717) is 6.61 Å². The van der Waals surface area contributed by atoms with Crippen LogP contribution in [0.2, 0.25) is 0 Å². The molecule has 0 aliphatic carbocycles. The van der Waals surface area contributed by atoms with Gasteiger partial charge in [-0.15, -0.1) is 11.3 Å². The van der Waals surface area contributed by atoms with Crippen LogP contribution in [-0.2, 0) is 6.54 Å². The lowest BCUT2D eigenvalue weighted by atomic mass is 9.94. The van der Waals surface area contributed by atoms with Gasteiger partial charge in [0.25, 0.3) is 0 Å². The van der Waals surface area contributed by atoms with Crippen LogP contribution in [0, 0.1) is 5.41 Å². The van der Waals surface area contributed by atoms with Crippen LogP contribution < -0.4 is 4.74 Å². The zero-order valence-electron chi connectivity index (χ0n) is 17.1. The molecule has 0 amide bonds. The van der Waals surface area contributed by atoms with E-state index < -0.39 is 0 Å². The van der Waals surface area contributed by atoms with Gasteiger partial charge in [0, 0.05) is 24.1 Å². The average Bonchev–Trinajstić information content (AvgIpc) is 3.31. The number of nitrogens with zero attached hydrogens (tertiary/aromatic N) is 2. The zero-order valence-corrected chi connectivity index (χ0v) is 17.9. The van der Waals surface area contributed by atoms with E-state index >= 15 is 0 Å². The second-order valence-corrected chi connectivity index (χ2v) is 9.20. The van der Waals surface area contributed by atoms with Gasteiger partial charge in [-0.3, -0.25) is 0 Å². The maximum atomic E-state index is 6.17. The summed E-state index contributed by atoms with van der Waals surface area (Å²) in [4.78, 5) is 2.35. The summed E-state index contributed by atoms with van der Waals surface area (Å²) in [6.45, 7) is 7.00. The lowest BCUT2D eigenvalue weighted by molar-refractivity contribution is 0.126. The number of aromatic nitrogens is 1. The van der Waals surface area contributed by atoms with Gasteiger partial charge in [0.15, 0.2) is 5.58 Å². The molecule has 4 aromatic rings. The van der Waals surface area contributed by atoms with Crippen molar-refractivity contribution in [3.05, 3.63) is 71.6 Å². The Balaban J connectivity index is 1.38. The molecule has 0 N–H and O–H groups in total. The Kier molecular flexibility index (Phi) is 5.69. The van der Waals surface area contributed by atoms with Crippen LogP contribution in [0.1, 0.15) is 19.4 Å². The lowest BCUT2D eigenvalue weighted by Gasteiger charge is -2.30. The number of ether oxygens (including phenoxy) is 1. The van der Waals surface area contributed by atoms with E-state index in [0.717, 1.165) is 40.4 Å². The highest BCUT2D eigenvalue weighted by Gasteiger charge is 2.22. The number of fused-ring (bicyclic) bond motifs is 1. The molecule has 2 aromatic heterocycles. The van der Waals surface area contributed by atoms with Crippen LogP contribution in [0.3, 0.4) is 0 Å². The van der Waals surface area contributed by atoms with Crippen LogP contribution in [0.4, 0.5) is 0 Å². The van der Waals surface area contributed by atoms with E-state index in [9.17, 15) is 0 Å². The number of hydrogen-bond acceptors (Lipinski definition) is 5. The zero-order chi connectivity index (χ0) is 20.3. The van der Waals surface area contributed by atoms with E-state index in [1.165, 1.54) is 5.56 Å². The van der Waals surface area contributed by atoms with Crippen molar-refractivity contribution >= 4 is 21.6 Å². The fourth-order valence-electron chi connectivity index (χ4n) is 3.60. The Morgan fingerprint density at radius 1 is 1.07 bits per heavy atom. The molecule has 2 aromatic carbocycles. The smallest absolute Gasteiger partial charge is 0.178 e. The second-order valence-electron chi connectivity index (χ2n) is 8.28. The molecule has 4 rings (SSSR count). The van der Waals surface area contributed by atoms with Crippen LogP contribution in [0.25, 0.3) is 21.5 Å². The third kappa shape index (κ3) is 4.86. The summed E-state index contributed by atoms with van der Waals surface area (Å²) in [6.07, 6.45) is 0. The predicted octanol–water partition coefficient (Wildman–Crippen LogP) is 6.09. The largest absolute Gasteiger partial charge is 0.493 e. The molecular weight excluding hydrogens is 380 g/mol. The highest BCUT2D eigenvalue weighted by molar-refractivity contribution is 7.17. The minimum atomic E-state index is 0.0223. The van der Waals surface area contributed by atoms with E-state index in [4.69, 9.17) is 9.26 Å². The van der Waals surface area contributed by atoms with Crippen molar-refractivity contribution in [1.29, 1.82) is 0 Å². The topological polar surface area (TPSA) is 38.5 Å². The number of benzene rings is 2. The summed E-state index contributed by atoms with van der Waals surface area (Å²) in [5.74, 6) is 0.856. The molecule has 2 heterocycles. The van der Waals surface area contributed by atoms with Gasteiger partial charge in [0.1, 0.15) is 16.1 Å². The summed E-state index contributed by atoms with van der Waals surface area (Å²) in [5.41, 5.74) is 4.07. The van der Waals surface area contributed by atoms with Gasteiger partial charge in [-0.25, -0.2) is 0 Å². The van der Waals surface area contributed by atoms with Crippen molar-refractivity contribution in [3.63, 3.8) is 0 Å². The molecule has 0 atom stereocenters. The summed E-state index contributed by atoms with van der Waals surface area (Å²) >= 11 is 1.64. The van der Waals surface area contributed by atoms with Crippen LogP contribution >= 0.6 is 11.3 Å². The Bertz CT molecular complexity index is 1070. The molecule has 0 spiro atoms. The third-order valence-electron chi connectivity index (χ3n) is 4.81. The first kappa shape index (κ1) is 19.7. The quantitative estimate of drug-likeness (QED) is 0.355. The van der Waals surface area contributed by atoms with Gasteiger partial charge in [0.2, 0.25) is 0 Å². The van der Waals surface area contributed by atoms with Gasteiger partial charge >= 0.3 is 0 Å². The van der Waals surface area contributed by atoms with E-state index in [1.807, 2.05) is 35.7 Å². The van der Waals surface area contributed by atoms with E-state index in [-0.39, 0.29) is 5.41 Å². The minimum absolute atomic E-state index is 0.0223. The molecule has 0 aliphatic heterocycles. The summed E-state index contributed by atoms with van der Waals surface area (Å²) in [5, 5.41) is 6.25. The van der Waals surface area contributed by atoms with E-state index in [2.05, 4.69) is 61.3 Å². The fraction of sp³-hybridized carbons (Fsp3) is 0.292. The summed E-state index contributed by atoms with van der Waals surface area (Å²) in [6, 6.07) is 20.6. The number of hydrogen-bond donors (Lipinski definition) is 0. The monoisotopic (exact) mass is 406 g/mol. The van der Waals surface area contributed by atoms with Crippen molar-refractivity contribution in [2.24, 2.45) is 5.41 Å². The van der Waals surface area contributed by atoms with Gasteiger partial charge in [-0.2, -0.15) is 0 Å². The molecule has 0 bridgehead atoms. The fourth-order valence-corrected chi connectivity index (χ4v) is 4.42. The molecule has 0 unspecified atom stereocenters. The van der Waals surface area contributed by atoms with Crippen molar-refractivity contribution in [1.82, 2.24) is 10.1 Å². The van der Waals surface area contributed by atoms with Crippen molar-refractivity contribution < 1.29 is 9.26 Å². The first-order chi connectivity index (χ1) is 14.0. The lowest BCUT2D eigenvalue weighted by Crippen LogP contribution is -2.35. The predicted molar refractivity (Wildman–Crippen MR) is 119 cm³/mol. The van der Waals surface area contributed by atoms with Gasteiger partial charge < -0.3 is 14.2 Å². The molecule has 0 fully saturated rings. The van der Waals surface area contributed by atoms with Crippen molar-refractivity contribution in [2.45, 2.75) is 20.4 Å². The van der Waals surface area contributed by atoms with Crippen LogP contribution in [-0.4, -0.2) is 30.3 Å². The van der Waals surface area contributed by atoms with Crippen LogP contribution in [0.5, 0.6) is 5.75 Å². The molecule has 4 nitrogen and oxygen atoms in total. The van der Waals surface area contributed by atoms with Crippen molar-refractivity contribution in [2.75, 3.05) is 20.2 Å². The minimum Gasteiger partial charge on any atom is -0.493 e. The molecule has 0 radical (unpaired) electrons. The number of rotatable bonds is 8. The maximum absolute atomic E-state index is 6.17. The molecule has 5 heteroatoms.